The van der Waals surface area contributed by atoms with Gasteiger partial charge in [-0.25, -0.2) is 23.8 Å². The van der Waals surface area contributed by atoms with E-state index < -0.39 is 0 Å². The number of carbonyl (C=O) groups is 1. The smallest absolute Gasteiger partial charge is 0.321 e. The van der Waals surface area contributed by atoms with Gasteiger partial charge < -0.3 is 10.2 Å². The first-order valence-corrected chi connectivity index (χ1v) is 8.83. The molecule has 0 atom stereocenters. The fourth-order valence-electron chi connectivity index (χ4n) is 2.96. The second-order valence-electron chi connectivity index (χ2n) is 6.45. The Labute approximate surface area is 155 Å². The number of carbonyl (C=O) groups excluding carboxylic acids is 1. The molecule has 1 saturated carbocycles. The van der Waals surface area contributed by atoms with E-state index in [4.69, 9.17) is 0 Å². The number of nitrogens with zero attached hydrogens (tertiary/aromatic N) is 5. The number of halogens is 1. The maximum atomic E-state index is 13.4. The van der Waals surface area contributed by atoms with E-state index in [0.717, 1.165) is 18.4 Å². The largest absolute Gasteiger partial charge is 0.322 e. The van der Waals surface area contributed by atoms with E-state index in [9.17, 15) is 9.18 Å². The molecule has 3 aromatic rings. The summed E-state index contributed by atoms with van der Waals surface area (Å²) in [5, 5.41) is 7.00. The summed E-state index contributed by atoms with van der Waals surface area (Å²) in [7, 11) is 0. The van der Waals surface area contributed by atoms with Crippen LogP contribution < -0.4 is 5.32 Å². The molecule has 1 aromatic carbocycles. The number of urea groups is 1. The molecule has 8 heteroatoms. The van der Waals surface area contributed by atoms with Crippen molar-refractivity contribution in [3.63, 3.8) is 0 Å². The highest BCUT2D eigenvalue weighted by Crippen LogP contribution is 2.28. The van der Waals surface area contributed by atoms with Crippen molar-refractivity contribution in [1.29, 1.82) is 0 Å². The van der Waals surface area contributed by atoms with E-state index in [-0.39, 0.29) is 17.9 Å². The molecule has 27 heavy (non-hydrogen) atoms. The Balaban J connectivity index is 1.47. The summed E-state index contributed by atoms with van der Waals surface area (Å²) in [6, 6.07) is 10.1. The minimum atomic E-state index is -0.261. The molecule has 1 fully saturated rings. The second kappa shape index (κ2) is 7.53. The molecule has 4 rings (SSSR count). The van der Waals surface area contributed by atoms with Gasteiger partial charge in [0.15, 0.2) is 5.82 Å². The lowest BCUT2D eigenvalue weighted by Gasteiger charge is -2.23. The van der Waals surface area contributed by atoms with Crippen LogP contribution in [0.25, 0.3) is 5.82 Å². The zero-order valence-corrected chi connectivity index (χ0v) is 14.6. The molecule has 2 amide bonds. The van der Waals surface area contributed by atoms with Crippen LogP contribution in [0.4, 0.5) is 14.9 Å². The van der Waals surface area contributed by atoms with E-state index in [1.54, 1.807) is 24.4 Å². The van der Waals surface area contributed by atoms with Gasteiger partial charge >= 0.3 is 6.03 Å². The van der Waals surface area contributed by atoms with Crippen LogP contribution in [-0.2, 0) is 6.42 Å². The van der Waals surface area contributed by atoms with Gasteiger partial charge in [-0.1, -0.05) is 12.1 Å². The van der Waals surface area contributed by atoms with Crippen LogP contribution in [0, 0.1) is 5.82 Å². The average molecular weight is 366 g/mol. The van der Waals surface area contributed by atoms with Crippen molar-refractivity contribution in [2.45, 2.75) is 25.3 Å². The van der Waals surface area contributed by atoms with Gasteiger partial charge in [-0.3, -0.25) is 0 Å². The third-order valence-corrected chi connectivity index (χ3v) is 4.44. The van der Waals surface area contributed by atoms with Crippen molar-refractivity contribution in [2.24, 2.45) is 0 Å². The lowest BCUT2D eigenvalue weighted by molar-refractivity contribution is 0.209. The fraction of sp³-hybridized carbons (Fsp3) is 0.263. The molecule has 0 bridgehead atoms. The zero-order valence-electron chi connectivity index (χ0n) is 14.6. The highest BCUT2D eigenvalue weighted by Gasteiger charge is 2.32. The summed E-state index contributed by atoms with van der Waals surface area (Å²) >= 11 is 0. The molecule has 2 heterocycles. The number of benzene rings is 1. The summed E-state index contributed by atoms with van der Waals surface area (Å²) in [4.78, 5) is 22.9. The number of amides is 2. The Kier molecular flexibility index (Phi) is 4.78. The van der Waals surface area contributed by atoms with Crippen molar-refractivity contribution < 1.29 is 9.18 Å². The van der Waals surface area contributed by atoms with Crippen molar-refractivity contribution in [2.75, 3.05) is 11.9 Å². The molecular formula is C19H19FN6O. The number of rotatable bonds is 6. The van der Waals surface area contributed by atoms with Gasteiger partial charge in [-0.15, -0.1) is 0 Å². The Morgan fingerprint density at radius 3 is 2.93 bits per heavy atom. The average Bonchev–Trinajstić information content (AvgIpc) is 3.35. The molecule has 7 nitrogen and oxygen atoms in total. The van der Waals surface area contributed by atoms with Crippen LogP contribution in [-0.4, -0.2) is 43.3 Å². The molecule has 1 aliphatic carbocycles. The first-order valence-electron chi connectivity index (χ1n) is 8.83. The van der Waals surface area contributed by atoms with Crippen LogP contribution >= 0.6 is 0 Å². The lowest BCUT2D eigenvalue weighted by atomic mass is 10.1. The van der Waals surface area contributed by atoms with E-state index >= 15 is 0 Å². The predicted octanol–water partition coefficient (Wildman–Crippen LogP) is 3.04. The van der Waals surface area contributed by atoms with Crippen LogP contribution in [0.3, 0.4) is 0 Å². The molecule has 2 aromatic heterocycles. The number of hydrogen-bond donors (Lipinski definition) is 1. The number of pyridine rings is 1. The Morgan fingerprint density at radius 2 is 2.19 bits per heavy atom. The number of nitrogens with one attached hydrogen (secondary N) is 1. The highest BCUT2D eigenvalue weighted by molar-refractivity contribution is 5.91. The van der Waals surface area contributed by atoms with Crippen molar-refractivity contribution >= 4 is 11.7 Å². The zero-order chi connectivity index (χ0) is 18.6. The quantitative estimate of drug-likeness (QED) is 0.728. The lowest BCUT2D eigenvalue weighted by Crippen LogP contribution is -2.38. The Morgan fingerprint density at radius 1 is 1.30 bits per heavy atom. The molecule has 0 saturated heterocycles. The minimum Gasteiger partial charge on any atom is -0.321 e. The van der Waals surface area contributed by atoms with Crippen molar-refractivity contribution in [3.05, 3.63) is 66.6 Å². The molecule has 1 N–H and O–H groups in total. The molecule has 138 valence electrons. The maximum Gasteiger partial charge on any atom is 0.322 e. The van der Waals surface area contributed by atoms with Gasteiger partial charge in [-0.05, 0) is 49.1 Å². The van der Waals surface area contributed by atoms with Gasteiger partial charge in [0.05, 0.1) is 5.69 Å². The van der Waals surface area contributed by atoms with Gasteiger partial charge in [0.2, 0.25) is 0 Å². The van der Waals surface area contributed by atoms with Crippen LogP contribution in [0.5, 0.6) is 0 Å². The monoisotopic (exact) mass is 366 g/mol. The normalized spacial score (nSPS) is 13.4. The summed E-state index contributed by atoms with van der Waals surface area (Å²) in [6.45, 7) is 0.527. The summed E-state index contributed by atoms with van der Waals surface area (Å²) in [5.74, 6) is 0.243. The SMILES string of the molecule is O=C(Nc1cccnc1-n1cncn1)N(CCc1cccc(F)c1)C1CC1. The van der Waals surface area contributed by atoms with Crippen LogP contribution in [0.15, 0.2) is 55.2 Å². The standard InChI is InChI=1S/C19H19FN6O/c20-15-4-1-3-14(11-15)8-10-25(16-6-7-16)19(27)24-17-5-2-9-22-18(17)26-13-21-12-23-26/h1-5,9,11-13,16H,6-8,10H2,(H,24,27). The molecule has 0 unspecified atom stereocenters. The third kappa shape index (κ3) is 4.11. The van der Waals surface area contributed by atoms with Crippen molar-refractivity contribution in [3.8, 4) is 5.82 Å². The summed E-state index contributed by atoms with van der Waals surface area (Å²) in [6.07, 6.45) is 7.15. The summed E-state index contributed by atoms with van der Waals surface area (Å²) < 4.78 is 14.9. The number of aromatic nitrogens is 4. The van der Waals surface area contributed by atoms with E-state index in [1.807, 2.05) is 11.0 Å². The third-order valence-electron chi connectivity index (χ3n) is 4.44. The highest BCUT2D eigenvalue weighted by atomic mass is 19.1. The predicted molar refractivity (Wildman–Crippen MR) is 98.0 cm³/mol. The van der Waals surface area contributed by atoms with Gasteiger partial charge in [0, 0.05) is 18.8 Å². The topological polar surface area (TPSA) is 75.9 Å². The molecule has 0 radical (unpaired) electrons. The number of hydrogen-bond acceptors (Lipinski definition) is 4. The van der Waals surface area contributed by atoms with Gasteiger partial charge in [0.1, 0.15) is 18.5 Å². The minimum absolute atomic E-state index is 0.191. The Hall–Kier alpha value is -3.29. The van der Waals surface area contributed by atoms with Crippen LogP contribution in [0.1, 0.15) is 18.4 Å². The Bertz CT molecular complexity index is 925. The van der Waals surface area contributed by atoms with Crippen molar-refractivity contribution in [1.82, 2.24) is 24.6 Å². The molecular weight excluding hydrogens is 347 g/mol. The van der Waals surface area contributed by atoms with Crippen LogP contribution in [0.2, 0.25) is 0 Å². The first kappa shape index (κ1) is 17.1. The summed E-state index contributed by atoms with van der Waals surface area (Å²) in [5.41, 5.74) is 1.43. The van der Waals surface area contributed by atoms with E-state index in [1.165, 1.54) is 29.5 Å². The first-order chi connectivity index (χ1) is 13.2. The maximum absolute atomic E-state index is 13.4. The number of anilines is 1. The van der Waals surface area contributed by atoms with Gasteiger partial charge in [0.25, 0.3) is 0 Å². The van der Waals surface area contributed by atoms with E-state index in [0.29, 0.717) is 24.5 Å². The fourth-order valence-corrected chi connectivity index (χ4v) is 2.96. The molecule has 1 aliphatic rings. The second-order valence-corrected chi connectivity index (χ2v) is 6.45. The van der Waals surface area contributed by atoms with Gasteiger partial charge in [-0.2, -0.15) is 5.10 Å². The molecule has 0 aliphatic heterocycles. The molecule has 0 spiro atoms. The van der Waals surface area contributed by atoms with E-state index in [2.05, 4.69) is 20.4 Å².